The molecule has 104 valence electrons. The molecule has 2 N–H and O–H groups in total. The minimum atomic E-state index is -1.04. The molecule has 2 amide bonds. The smallest absolute Gasteiger partial charge is 0.338 e. The molecule has 2 unspecified atom stereocenters. The maximum atomic E-state index is 12.1. The van der Waals surface area contributed by atoms with Gasteiger partial charge in [-0.1, -0.05) is 0 Å². The molecular weight excluding hydrogens is 268 g/mol. The summed E-state index contributed by atoms with van der Waals surface area (Å²) in [7, 11) is 1.69. The average molecular weight is 284 g/mol. The third kappa shape index (κ3) is 2.87. The number of likely N-dealkylation sites (N-methyl/N-ethyl adjacent to an activating group) is 1. The Morgan fingerprint density at radius 3 is 2.89 bits per heavy atom. The van der Waals surface area contributed by atoms with Crippen molar-refractivity contribution in [3.05, 3.63) is 17.0 Å². The Kier molecular flexibility index (Phi) is 4.06. The van der Waals surface area contributed by atoms with Crippen molar-refractivity contribution in [2.24, 2.45) is 0 Å². The van der Waals surface area contributed by atoms with Gasteiger partial charge in [0, 0.05) is 13.7 Å². The zero-order valence-corrected chi connectivity index (χ0v) is 11.6. The Balaban J connectivity index is 2.04. The highest BCUT2D eigenvalue weighted by Crippen LogP contribution is 2.25. The second kappa shape index (κ2) is 5.58. The molecule has 1 saturated heterocycles. The topological polar surface area (TPSA) is 78.9 Å². The molecule has 2 rings (SSSR count). The molecule has 0 saturated carbocycles. The van der Waals surface area contributed by atoms with E-state index in [2.05, 4.69) is 5.32 Å². The summed E-state index contributed by atoms with van der Waals surface area (Å²) in [5, 5.41) is 13.6. The number of carbonyl (C=O) groups is 2. The van der Waals surface area contributed by atoms with Crippen LogP contribution in [0.15, 0.2) is 11.4 Å². The van der Waals surface area contributed by atoms with E-state index in [0.717, 1.165) is 6.42 Å². The van der Waals surface area contributed by atoms with Gasteiger partial charge in [0.25, 0.3) is 0 Å². The standard InChI is InChI=1S/C12H16N2O4S/c1-7-9(3-5-18-7)14(2)12(17)13-10-8(11(15)16)4-6-19-10/h4,6-7,9H,3,5H2,1-2H3,(H,13,17)(H,15,16). The minimum Gasteiger partial charge on any atom is -0.478 e. The van der Waals surface area contributed by atoms with Crippen molar-refractivity contribution < 1.29 is 19.4 Å². The lowest BCUT2D eigenvalue weighted by Crippen LogP contribution is -2.43. The number of rotatable bonds is 3. The molecule has 1 aliphatic heterocycles. The van der Waals surface area contributed by atoms with Crippen LogP contribution in [0.5, 0.6) is 0 Å². The van der Waals surface area contributed by atoms with Gasteiger partial charge in [-0.3, -0.25) is 5.32 Å². The number of amides is 2. The van der Waals surface area contributed by atoms with Crippen molar-refractivity contribution in [3.63, 3.8) is 0 Å². The van der Waals surface area contributed by atoms with E-state index in [9.17, 15) is 9.59 Å². The van der Waals surface area contributed by atoms with E-state index in [1.54, 1.807) is 17.3 Å². The third-order valence-corrected chi connectivity index (χ3v) is 4.10. The number of hydrogen-bond acceptors (Lipinski definition) is 4. The number of hydrogen-bond donors (Lipinski definition) is 2. The number of carboxylic acid groups (broad SMARTS) is 1. The van der Waals surface area contributed by atoms with Crippen LogP contribution in [0.1, 0.15) is 23.7 Å². The van der Waals surface area contributed by atoms with E-state index in [1.165, 1.54) is 17.4 Å². The van der Waals surface area contributed by atoms with Crippen LogP contribution in [-0.4, -0.2) is 47.8 Å². The van der Waals surface area contributed by atoms with Crippen molar-refractivity contribution in [2.45, 2.75) is 25.5 Å². The van der Waals surface area contributed by atoms with Gasteiger partial charge in [0.05, 0.1) is 17.7 Å². The van der Waals surface area contributed by atoms with E-state index in [1.807, 2.05) is 6.92 Å². The number of thiophene rings is 1. The van der Waals surface area contributed by atoms with Crippen molar-refractivity contribution in [3.8, 4) is 0 Å². The van der Waals surface area contributed by atoms with E-state index in [4.69, 9.17) is 9.84 Å². The molecule has 0 aliphatic carbocycles. The zero-order chi connectivity index (χ0) is 14.0. The van der Waals surface area contributed by atoms with Gasteiger partial charge in [0.2, 0.25) is 0 Å². The second-order valence-corrected chi connectivity index (χ2v) is 5.36. The first-order valence-electron chi connectivity index (χ1n) is 5.97. The fourth-order valence-corrected chi connectivity index (χ4v) is 2.91. The maximum absolute atomic E-state index is 12.1. The van der Waals surface area contributed by atoms with Crippen LogP contribution in [0.2, 0.25) is 0 Å². The summed E-state index contributed by atoms with van der Waals surface area (Å²) in [5.74, 6) is -1.04. The summed E-state index contributed by atoms with van der Waals surface area (Å²) in [6.07, 6.45) is 0.791. The fraction of sp³-hybridized carbons (Fsp3) is 0.500. The van der Waals surface area contributed by atoms with E-state index >= 15 is 0 Å². The number of nitrogens with zero attached hydrogens (tertiary/aromatic N) is 1. The number of aromatic carboxylic acids is 1. The van der Waals surface area contributed by atoms with Crippen molar-refractivity contribution in [1.29, 1.82) is 0 Å². The molecular formula is C12H16N2O4S. The molecule has 0 bridgehead atoms. The molecule has 2 heterocycles. The first-order chi connectivity index (χ1) is 9.00. The Bertz CT molecular complexity index is 488. The average Bonchev–Trinajstić information content (AvgIpc) is 2.96. The Labute approximate surface area is 115 Å². The summed E-state index contributed by atoms with van der Waals surface area (Å²) in [6, 6.07) is 1.18. The van der Waals surface area contributed by atoms with E-state index in [-0.39, 0.29) is 23.7 Å². The molecule has 6 nitrogen and oxygen atoms in total. The van der Waals surface area contributed by atoms with Gasteiger partial charge in [-0.05, 0) is 24.8 Å². The van der Waals surface area contributed by atoms with Crippen LogP contribution in [0, 0.1) is 0 Å². The zero-order valence-electron chi connectivity index (χ0n) is 10.8. The number of nitrogens with one attached hydrogen (secondary N) is 1. The summed E-state index contributed by atoms with van der Waals surface area (Å²) in [6.45, 7) is 2.57. The molecule has 7 heteroatoms. The predicted molar refractivity (Wildman–Crippen MR) is 71.9 cm³/mol. The lowest BCUT2D eigenvalue weighted by molar-refractivity contribution is 0.0698. The van der Waals surface area contributed by atoms with E-state index < -0.39 is 5.97 Å². The van der Waals surface area contributed by atoms with Crippen molar-refractivity contribution >= 4 is 28.3 Å². The summed E-state index contributed by atoms with van der Waals surface area (Å²) in [4.78, 5) is 24.6. The largest absolute Gasteiger partial charge is 0.478 e. The van der Waals surface area contributed by atoms with E-state index in [0.29, 0.717) is 11.6 Å². The van der Waals surface area contributed by atoms with Crippen LogP contribution in [0.4, 0.5) is 9.80 Å². The Morgan fingerprint density at radius 2 is 2.32 bits per heavy atom. The number of ether oxygens (including phenoxy) is 1. The summed E-state index contributed by atoms with van der Waals surface area (Å²) < 4.78 is 5.42. The van der Waals surface area contributed by atoms with Gasteiger partial charge in [-0.25, -0.2) is 9.59 Å². The quantitative estimate of drug-likeness (QED) is 0.890. The lowest BCUT2D eigenvalue weighted by atomic mass is 10.1. The van der Waals surface area contributed by atoms with Gasteiger partial charge < -0.3 is 14.7 Å². The SMILES string of the molecule is CC1OCCC1N(C)C(=O)Nc1sccc1C(=O)O. The van der Waals surface area contributed by atoms with Crippen LogP contribution >= 0.6 is 11.3 Å². The second-order valence-electron chi connectivity index (χ2n) is 4.44. The van der Waals surface area contributed by atoms with Gasteiger partial charge in [-0.15, -0.1) is 11.3 Å². The molecule has 0 aromatic carbocycles. The molecule has 19 heavy (non-hydrogen) atoms. The van der Waals surface area contributed by atoms with Crippen molar-refractivity contribution in [1.82, 2.24) is 4.90 Å². The molecule has 1 aromatic rings. The van der Waals surface area contributed by atoms with Gasteiger partial charge in [-0.2, -0.15) is 0 Å². The molecule has 1 aliphatic rings. The number of carbonyl (C=O) groups excluding carboxylic acids is 1. The fourth-order valence-electron chi connectivity index (χ4n) is 2.14. The first-order valence-corrected chi connectivity index (χ1v) is 6.85. The summed E-state index contributed by atoms with van der Waals surface area (Å²) in [5.41, 5.74) is 0.113. The third-order valence-electron chi connectivity index (χ3n) is 3.27. The van der Waals surface area contributed by atoms with Crippen LogP contribution in [0.25, 0.3) is 0 Å². The highest BCUT2D eigenvalue weighted by atomic mass is 32.1. The van der Waals surface area contributed by atoms with Crippen LogP contribution < -0.4 is 5.32 Å². The molecule has 0 radical (unpaired) electrons. The van der Waals surface area contributed by atoms with Crippen LogP contribution in [0.3, 0.4) is 0 Å². The monoisotopic (exact) mass is 284 g/mol. The Morgan fingerprint density at radius 1 is 1.58 bits per heavy atom. The normalized spacial score (nSPS) is 22.2. The number of anilines is 1. The minimum absolute atomic E-state index is 0.00182. The van der Waals surface area contributed by atoms with Gasteiger partial charge in [0.15, 0.2) is 0 Å². The number of carboxylic acids is 1. The molecule has 1 aromatic heterocycles. The lowest BCUT2D eigenvalue weighted by Gasteiger charge is -2.26. The molecule has 0 spiro atoms. The number of urea groups is 1. The first kappa shape index (κ1) is 13.8. The van der Waals surface area contributed by atoms with Crippen molar-refractivity contribution in [2.75, 3.05) is 19.0 Å². The highest BCUT2D eigenvalue weighted by Gasteiger charge is 2.31. The summed E-state index contributed by atoms with van der Waals surface area (Å²) >= 11 is 1.20. The predicted octanol–water partition coefficient (Wildman–Crippen LogP) is 2.09. The van der Waals surface area contributed by atoms with Gasteiger partial charge >= 0.3 is 12.0 Å². The van der Waals surface area contributed by atoms with Gasteiger partial charge in [0.1, 0.15) is 5.00 Å². The highest BCUT2D eigenvalue weighted by molar-refractivity contribution is 7.14. The molecule has 1 fully saturated rings. The molecule has 2 atom stereocenters. The van der Waals surface area contributed by atoms with Crippen LogP contribution in [-0.2, 0) is 4.74 Å². The maximum Gasteiger partial charge on any atom is 0.338 e. The Hall–Kier alpha value is -1.60.